The van der Waals surface area contributed by atoms with Gasteiger partial charge in [-0.05, 0) is 39.4 Å². The van der Waals surface area contributed by atoms with Gasteiger partial charge in [0.15, 0.2) is 0 Å². The van der Waals surface area contributed by atoms with Gasteiger partial charge in [-0.1, -0.05) is 41.5 Å². The van der Waals surface area contributed by atoms with Crippen LogP contribution in [0.15, 0.2) is 0 Å². The Labute approximate surface area is 157 Å². The number of hydrogen-bond acceptors (Lipinski definition) is 5. The van der Waals surface area contributed by atoms with Crippen LogP contribution in [0.4, 0.5) is 0 Å². The van der Waals surface area contributed by atoms with Gasteiger partial charge < -0.3 is 4.90 Å². The molecule has 0 unspecified atom stereocenters. The average molecular weight is 383 g/mol. The topological polar surface area (TPSA) is 83.6 Å². The van der Waals surface area contributed by atoms with Crippen molar-refractivity contribution in [2.75, 3.05) is 25.9 Å². The average Bonchev–Trinajstić information content (AvgIpc) is 2.53. The van der Waals surface area contributed by atoms with Crippen LogP contribution in [0.3, 0.4) is 0 Å². The first-order chi connectivity index (χ1) is 11.6. The maximum atomic E-state index is 11.4. The lowest BCUT2D eigenvalue weighted by atomic mass is 10.0. The van der Waals surface area contributed by atoms with Gasteiger partial charge in [-0.25, -0.2) is 8.42 Å². The largest absolute Gasteiger partial charge is 0.306 e. The normalized spacial score (nSPS) is 10.5. The summed E-state index contributed by atoms with van der Waals surface area (Å²) in [6.45, 7) is 14.5. The first-order valence-corrected chi connectivity index (χ1v) is 11.0. The van der Waals surface area contributed by atoms with Crippen molar-refractivity contribution in [3.8, 4) is 0 Å². The summed E-state index contributed by atoms with van der Waals surface area (Å²) < 4.78 is 24.8. The quantitative estimate of drug-likeness (QED) is 0.553. The fourth-order valence-electron chi connectivity index (χ4n) is 1.88. The molecule has 0 aromatic rings. The van der Waals surface area contributed by atoms with Gasteiger partial charge >= 0.3 is 0 Å². The van der Waals surface area contributed by atoms with Gasteiger partial charge in [0.25, 0.3) is 0 Å². The fraction of sp³-hybridized carbons (Fsp3) is 0.889. The Kier molecular flexibility index (Phi) is 20.6. The van der Waals surface area contributed by atoms with E-state index in [0.717, 1.165) is 19.4 Å². The van der Waals surface area contributed by atoms with E-state index in [1.165, 1.54) is 6.92 Å². The van der Waals surface area contributed by atoms with Gasteiger partial charge in [-0.2, -0.15) is 0 Å². The minimum Gasteiger partial charge on any atom is -0.306 e. The monoisotopic (exact) mass is 382 g/mol. The van der Waals surface area contributed by atoms with Crippen LogP contribution in [0.1, 0.15) is 75.6 Å². The van der Waals surface area contributed by atoms with E-state index in [9.17, 15) is 18.0 Å². The van der Waals surface area contributed by atoms with E-state index in [4.69, 9.17) is 0 Å². The molecule has 0 saturated carbocycles. The Morgan fingerprint density at radius 3 is 1.92 bits per heavy atom. The Bertz CT molecular complexity index is 440. The van der Waals surface area contributed by atoms with E-state index in [2.05, 4.69) is 0 Å². The number of nitrogens with one attached hydrogen (secondary N) is 1. The maximum absolute atomic E-state index is 11.4. The van der Waals surface area contributed by atoms with Gasteiger partial charge in [-0.15, -0.1) is 0 Å². The van der Waals surface area contributed by atoms with E-state index in [-0.39, 0.29) is 13.1 Å². The summed E-state index contributed by atoms with van der Waals surface area (Å²) in [5, 5.41) is 0. The molecule has 0 bridgehead atoms. The summed E-state index contributed by atoms with van der Waals surface area (Å²) in [6, 6.07) is 0. The molecule has 0 aliphatic rings. The summed E-state index contributed by atoms with van der Waals surface area (Å²) in [7, 11) is -1.57. The highest BCUT2D eigenvalue weighted by molar-refractivity contribution is 7.90. The first-order valence-electron chi connectivity index (χ1n) is 9.36. The third-order valence-corrected chi connectivity index (χ3v) is 4.53. The first kappa shape index (κ1) is 28.8. The molecule has 0 aliphatic carbocycles. The van der Waals surface area contributed by atoms with Gasteiger partial charge in [0, 0.05) is 20.7 Å². The van der Waals surface area contributed by atoms with Crippen molar-refractivity contribution < 1.29 is 19.4 Å². The van der Waals surface area contributed by atoms with Gasteiger partial charge in [-0.3, -0.25) is 14.3 Å². The standard InChI is InChI=1S/C14H28N2O4S.2C2H6.H2/c1-12(2)14(18)8-5-6-9-16(4)10-7-11-21(19,20)15-13(3)17;2*1-2;/h12H,5-11H2,1-4H3,(H,15,17);2*1-2H3;1H. The molecule has 154 valence electrons. The van der Waals surface area contributed by atoms with Crippen molar-refractivity contribution in [1.29, 1.82) is 0 Å². The lowest BCUT2D eigenvalue weighted by molar-refractivity contribution is -0.122. The number of amides is 1. The number of hydrogen-bond donors (Lipinski definition) is 1. The molecule has 25 heavy (non-hydrogen) atoms. The number of nitrogens with zero attached hydrogens (tertiary/aromatic N) is 1. The van der Waals surface area contributed by atoms with Crippen LogP contribution < -0.4 is 4.72 Å². The molecule has 0 atom stereocenters. The maximum Gasteiger partial charge on any atom is 0.234 e. The van der Waals surface area contributed by atoms with E-state index >= 15 is 0 Å². The van der Waals surface area contributed by atoms with E-state index in [0.29, 0.717) is 25.2 Å². The van der Waals surface area contributed by atoms with Crippen LogP contribution in [0, 0.1) is 5.92 Å². The number of Topliss-reactive ketones (excluding diaryl/α,β-unsaturated/α-hetero) is 1. The van der Waals surface area contributed by atoms with Crippen LogP contribution in [0.25, 0.3) is 0 Å². The number of sulfonamides is 1. The molecule has 0 saturated heterocycles. The lowest BCUT2D eigenvalue weighted by Crippen LogP contribution is -2.32. The minimum atomic E-state index is -3.49. The Morgan fingerprint density at radius 1 is 1.00 bits per heavy atom. The predicted octanol–water partition coefficient (Wildman–Crippen LogP) is 3.47. The number of carbonyl (C=O) groups is 2. The van der Waals surface area contributed by atoms with E-state index < -0.39 is 15.9 Å². The van der Waals surface area contributed by atoms with Gasteiger partial charge in [0.1, 0.15) is 5.78 Å². The molecular weight excluding hydrogens is 340 g/mol. The predicted molar refractivity (Wildman–Crippen MR) is 108 cm³/mol. The molecule has 0 spiro atoms. The van der Waals surface area contributed by atoms with Crippen molar-refractivity contribution in [2.24, 2.45) is 5.92 Å². The van der Waals surface area contributed by atoms with Crippen molar-refractivity contribution in [1.82, 2.24) is 9.62 Å². The van der Waals surface area contributed by atoms with Crippen LogP contribution in [-0.2, 0) is 19.6 Å². The lowest BCUT2D eigenvalue weighted by Gasteiger charge is -2.16. The molecule has 0 fully saturated rings. The third-order valence-electron chi connectivity index (χ3n) is 3.11. The van der Waals surface area contributed by atoms with Crippen molar-refractivity contribution in [3.63, 3.8) is 0 Å². The molecule has 6 nitrogen and oxygen atoms in total. The molecule has 0 rings (SSSR count). The van der Waals surface area contributed by atoms with E-state index in [1.54, 1.807) is 0 Å². The fourth-order valence-corrected chi connectivity index (χ4v) is 2.93. The highest BCUT2D eigenvalue weighted by atomic mass is 32.2. The summed E-state index contributed by atoms with van der Waals surface area (Å²) in [5.74, 6) is -0.220. The highest BCUT2D eigenvalue weighted by Gasteiger charge is 2.12. The number of carbonyl (C=O) groups excluding carboxylic acids is 2. The molecule has 1 N–H and O–H groups in total. The summed E-state index contributed by atoms with van der Waals surface area (Å²) in [5.41, 5.74) is 0. The number of unbranched alkanes of at least 4 members (excludes halogenated alkanes) is 1. The SMILES string of the molecule is CC.CC.CC(=O)NS(=O)(=O)CCCN(C)CCCCC(=O)C(C)C.[HH]. The van der Waals surface area contributed by atoms with Crippen molar-refractivity contribution >= 4 is 21.7 Å². The minimum absolute atomic E-state index is 0. The second kappa shape index (κ2) is 17.9. The molecule has 0 radical (unpaired) electrons. The molecule has 0 aromatic heterocycles. The molecular formula is C18H42N2O4S. The van der Waals surface area contributed by atoms with Crippen molar-refractivity contribution in [2.45, 2.75) is 74.1 Å². The summed E-state index contributed by atoms with van der Waals surface area (Å²) in [4.78, 5) is 24.2. The molecule has 0 aromatic carbocycles. The van der Waals surface area contributed by atoms with Crippen LogP contribution >= 0.6 is 0 Å². The van der Waals surface area contributed by atoms with E-state index in [1.807, 2.05) is 58.2 Å². The third kappa shape index (κ3) is 21.0. The second-order valence-corrected chi connectivity index (χ2v) is 7.55. The molecule has 7 heteroatoms. The van der Waals surface area contributed by atoms with Crippen LogP contribution in [-0.4, -0.2) is 50.9 Å². The van der Waals surface area contributed by atoms with Gasteiger partial charge in [0.2, 0.25) is 15.9 Å². The zero-order valence-corrected chi connectivity index (χ0v) is 18.3. The van der Waals surface area contributed by atoms with Crippen LogP contribution in [0.5, 0.6) is 0 Å². The number of ketones is 1. The van der Waals surface area contributed by atoms with Crippen molar-refractivity contribution in [3.05, 3.63) is 0 Å². The Hall–Kier alpha value is -0.950. The zero-order valence-electron chi connectivity index (χ0n) is 17.5. The summed E-state index contributed by atoms with van der Waals surface area (Å²) in [6.07, 6.45) is 2.88. The smallest absolute Gasteiger partial charge is 0.234 e. The number of rotatable bonds is 11. The molecule has 1 amide bonds. The Balaban J connectivity index is -0.000000449. The second-order valence-electron chi connectivity index (χ2n) is 5.71. The molecule has 0 aliphatic heterocycles. The summed E-state index contributed by atoms with van der Waals surface area (Å²) >= 11 is 0. The van der Waals surface area contributed by atoms with Crippen LogP contribution in [0.2, 0.25) is 0 Å². The Morgan fingerprint density at radius 2 is 1.48 bits per heavy atom. The molecule has 0 heterocycles. The highest BCUT2D eigenvalue weighted by Crippen LogP contribution is 2.05. The van der Waals surface area contributed by atoms with Gasteiger partial charge in [0.05, 0.1) is 5.75 Å². The zero-order chi connectivity index (χ0) is 20.5.